The van der Waals surface area contributed by atoms with Gasteiger partial charge in [-0.2, -0.15) is 4.90 Å². The van der Waals surface area contributed by atoms with Crippen LogP contribution in [0.2, 0.25) is 0 Å². The summed E-state index contributed by atoms with van der Waals surface area (Å²) in [5, 5.41) is 1.47. The summed E-state index contributed by atoms with van der Waals surface area (Å²) in [7, 11) is -0.630. The Balaban J connectivity index is 1.54. The second-order valence-corrected chi connectivity index (χ2v) is 11.8. The van der Waals surface area contributed by atoms with Gasteiger partial charge in [-0.25, -0.2) is 4.79 Å². The predicted octanol–water partition coefficient (Wildman–Crippen LogP) is 3.55. The van der Waals surface area contributed by atoms with Crippen molar-refractivity contribution < 1.29 is 33.2 Å². The van der Waals surface area contributed by atoms with E-state index < -0.39 is 47.9 Å². The molecule has 0 N–H and O–H groups in total. The summed E-state index contributed by atoms with van der Waals surface area (Å²) in [6, 6.07) is 8.01. The number of likely N-dealkylation sites (tertiary alicyclic amines) is 1. The zero-order valence-electron chi connectivity index (χ0n) is 22.2. The predicted molar refractivity (Wildman–Crippen MR) is 138 cm³/mol. The van der Waals surface area contributed by atoms with E-state index in [4.69, 9.17) is 14.0 Å². The van der Waals surface area contributed by atoms with Gasteiger partial charge in [0.2, 0.25) is 5.91 Å². The Morgan fingerprint density at radius 2 is 1.68 bits per heavy atom. The van der Waals surface area contributed by atoms with Crippen molar-refractivity contribution in [2.24, 2.45) is 0 Å². The quantitative estimate of drug-likeness (QED) is 0.454. The highest BCUT2D eigenvalue weighted by Gasteiger charge is 2.53. The Morgan fingerprint density at radius 1 is 1.03 bits per heavy atom. The molecule has 0 radical (unpaired) electrons. The SMILES string of the molecule is CC(C)(C)OC(=O)N1C(=O)CCC(N2C(=O)c3cccc4c(B5OC(C)(C)C(C)(C)O5)ccc2c34)C1=O. The van der Waals surface area contributed by atoms with Gasteiger partial charge in [-0.3, -0.25) is 19.3 Å². The topological polar surface area (TPSA) is 102 Å². The van der Waals surface area contributed by atoms with E-state index in [9.17, 15) is 19.2 Å². The molecule has 3 heterocycles. The van der Waals surface area contributed by atoms with Crippen LogP contribution in [0.25, 0.3) is 10.8 Å². The Kier molecular flexibility index (Phi) is 5.59. The Morgan fingerprint density at radius 3 is 2.30 bits per heavy atom. The van der Waals surface area contributed by atoms with Crippen LogP contribution in [0.1, 0.15) is 71.7 Å². The fourth-order valence-electron chi connectivity index (χ4n) is 5.02. The first-order valence-electron chi connectivity index (χ1n) is 12.5. The van der Waals surface area contributed by atoms with Gasteiger partial charge in [0.05, 0.1) is 16.9 Å². The number of rotatable bonds is 2. The molecule has 0 bridgehead atoms. The van der Waals surface area contributed by atoms with Crippen molar-refractivity contribution in [2.45, 2.75) is 84.2 Å². The number of benzene rings is 2. The highest BCUT2D eigenvalue weighted by molar-refractivity contribution is 6.65. The number of hydrogen-bond donors (Lipinski definition) is 0. The molecular weight excluding hydrogens is 475 g/mol. The van der Waals surface area contributed by atoms with E-state index >= 15 is 0 Å². The molecule has 10 heteroatoms. The van der Waals surface area contributed by atoms with Crippen molar-refractivity contribution in [3.05, 3.63) is 35.9 Å². The number of imide groups is 3. The lowest BCUT2D eigenvalue weighted by Gasteiger charge is -2.35. The first-order chi connectivity index (χ1) is 17.1. The second-order valence-electron chi connectivity index (χ2n) is 11.8. The normalized spacial score (nSPS) is 22.8. The summed E-state index contributed by atoms with van der Waals surface area (Å²) in [5.41, 5.74) is -0.176. The molecule has 2 fully saturated rings. The summed E-state index contributed by atoms with van der Waals surface area (Å²) < 4.78 is 17.8. The van der Waals surface area contributed by atoms with Crippen LogP contribution in [0, 0.1) is 0 Å². The molecule has 3 aliphatic heterocycles. The van der Waals surface area contributed by atoms with Crippen molar-refractivity contribution in [1.29, 1.82) is 0 Å². The molecule has 0 aromatic heterocycles. The van der Waals surface area contributed by atoms with E-state index in [1.165, 1.54) is 4.90 Å². The van der Waals surface area contributed by atoms with Crippen LogP contribution in [0.4, 0.5) is 10.5 Å². The fourth-order valence-corrected chi connectivity index (χ4v) is 5.02. The van der Waals surface area contributed by atoms with Crippen LogP contribution < -0.4 is 10.4 Å². The van der Waals surface area contributed by atoms with E-state index in [2.05, 4.69) is 0 Å². The van der Waals surface area contributed by atoms with Gasteiger partial charge in [-0.05, 0) is 77.9 Å². The minimum Gasteiger partial charge on any atom is -0.443 e. The Labute approximate surface area is 216 Å². The summed E-state index contributed by atoms with van der Waals surface area (Å²) in [4.78, 5) is 54.3. The molecule has 1 unspecified atom stereocenters. The largest absolute Gasteiger partial charge is 0.495 e. The van der Waals surface area contributed by atoms with Gasteiger partial charge >= 0.3 is 13.2 Å². The second kappa shape index (κ2) is 8.13. The van der Waals surface area contributed by atoms with Gasteiger partial charge in [-0.15, -0.1) is 0 Å². The molecule has 2 aromatic carbocycles. The van der Waals surface area contributed by atoms with Gasteiger partial charge in [0, 0.05) is 17.4 Å². The van der Waals surface area contributed by atoms with Crippen molar-refractivity contribution in [1.82, 2.24) is 4.90 Å². The molecule has 4 amide bonds. The third kappa shape index (κ3) is 3.94. The lowest BCUT2D eigenvalue weighted by molar-refractivity contribution is -0.147. The molecule has 194 valence electrons. The maximum absolute atomic E-state index is 13.6. The fraction of sp³-hybridized carbons (Fsp3) is 0.481. The summed E-state index contributed by atoms with van der Waals surface area (Å²) >= 11 is 0. The molecule has 0 spiro atoms. The number of anilines is 1. The summed E-state index contributed by atoms with van der Waals surface area (Å²) in [6.07, 6.45) is -0.986. The smallest absolute Gasteiger partial charge is 0.443 e. The Hall–Kier alpha value is -3.24. The maximum Gasteiger partial charge on any atom is 0.495 e. The van der Waals surface area contributed by atoms with E-state index in [0.717, 1.165) is 10.8 Å². The highest BCUT2D eigenvalue weighted by Crippen LogP contribution is 2.42. The van der Waals surface area contributed by atoms with Crippen LogP contribution in [-0.2, 0) is 23.6 Å². The first-order valence-corrected chi connectivity index (χ1v) is 12.5. The zero-order valence-corrected chi connectivity index (χ0v) is 22.2. The van der Waals surface area contributed by atoms with Crippen molar-refractivity contribution in [2.75, 3.05) is 4.90 Å². The molecule has 37 heavy (non-hydrogen) atoms. The lowest BCUT2D eigenvalue weighted by Crippen LogP contribution is -2.58. The number of carbonyl (C=O) groups is 4. The molecule has 0 aliphatic carbocycles. The van der Waals surface area contributed by atoms with Crippen LogP contribution in [0.5, 0.6) is 0 Å². The summed E-state index contributed by atoms with van der Waals surface area (Å²) in [5.74, 6) is -1.76. The third-order valence-electron chi connectivity index (χ3n) is 7.54. The minimum atomic E-state index is -1.03. The first kappa shape index (κ1) is 25.4. The monoisotopic (exact) mass is 506 g/mol. The van der Waals surface area contributed by atoms with Crippen molar-refractivity contribution in [3.63, 3.8) is 0 Å². The van der Waals surface area contributed by atoms with Crippen LogP contribution in [-0.4, -0.2) is 58.7 Å². The van der Waals surface area contributed by atoms with Gasteiger partial charge in [0.15, 0.2) is 0 Å². The number of hydrogen-bond acceptors (Lipinski definition) is 7. The Bertz CT molecular complexity index is 1340. The highest BCUT2D eigenvalue weighted by atomic mass is 16.7. The average molecular weight is 506 g/mol. The minimum absolute atomic E-state index is 0.0646. The number of ether oxygens (including phenoxy) is 1. The lowest BCUT2D eigenvalue weighted by atomic mass is 9.75. The van der Waals surface area contributed by atoms with E-state index in [1.54, 1.807) is 39.0 Å². The average Bonchev–Trinajstić information content (AvgIpc) is 3.17. The number of amides is 4. The van der Waals surface area contributed by atoms with Gasteiger partial charge in [0.1, 0.15) is 11.6 Å². The number of piperidine rings is 1. The molecule has 3 aliphatic rings. The van der Waals surface area contributed by atoms with Crippen LogP contribution in [0.15, 0.2) is 30.3 Å². The van der Waals surface area contributed by atoms with E-state index in [1.807, 2.05) is 39.8 Å². The standard InChI is InChI=1S/C27H31BN2O7/c1-25(2,3)35-24(34)30-20(31)14-13-19(23(30)33)29-18-12-11-17(28-36-26(4,5)27(6,7)37-28)15-9-8-10-16(21(15)18)22(29)32/h8-12,19H,13-14H2,1-7H3. The van der Waals surface area contributed by atoms with Gasteiger partial charge < -0.3 is 14.0 Å². The van der Waals surface area contributed by atoms with E-state index in [-0.39, 0.29) is 18.7 Å². The molecule has 1 atom stereocenters. The number of carbonyl (C=O) groups excluding carboxylic acids is 4. The molecule has 2 aromatic rings. The van der Waals surface area contributed by atoms with E-state index in [0.29, 0.717) is 21.5 Å². The molecular formula is C27H31BN2O7. The third-order valence-corrected chi connectivity index (χ3v) is 7.54. The van der Waals surface area contributed by atoms with Crippen molar-refractivity contribution in [3.8, 4) is 0 Å². The van der Waals surface area contributed by atoms with Crippen LogP contribution >= 0.6 is 0 Å². The zero-order chi connectivity index (χ0) is 27.1. The van der Waals surface area contributed by atoms with Crippen molar-refractivity contribution >= 4 is 52.9 Å². The molecule has 2 saturated heterocycles. The summed E-state index contributed by atoms with van der Waals surface area (Å²) in [6.45, 7) is 12.9. The molecule has 0 saturated carbocycles. The molecule has 5 rings (SSSR count). The molecule has 9 nitrogen and oxygen atoms in total. The van der Waals surface area contributed by atoms with Gasteiger partial charge in [-0.1, -0.05) is 18.2 Å². The van der Waals surface area contributed by atoms with Crippen LogP contribution in [0.3, 0.4) is 0 Å². The van der Waals surface area contributed by atoms with Gasteiger partial charge in [0.25, 0.3) is 11.8 Å². The maximum atomic E-state index is 13.6. The number of nitrogens with zero attached hydrogens (tertiary/aromatic N) is 2.